The van der Waals surface area contributed by atoms with Crippen molar-refractivity contribution in [2.45, 2.75) is 13.0 Å². The van der Waals surface area contributed by atoms with E-state index in [2.05, 4.69) is 0 Å². The monoisotopic (exact) mass is 182 g/mol. The number of anilines is 1. The molecule has 1 unspecified atom stereocenters. The second kappa shape index (κ2) is 3.53. The fourth-order valence-electron chi connectivity index (χ4n) is 1.07. The van der Waals surface area contributed by atoms with Gasteiger partial charge in [0.15, 0.2) is 11.5 Å². The van der Waals surface area contributed by atoms with Crippen molar-refractivity contribution in [2.75, 3.05) is 12.8 Å². The lowest BCUT2D eigenvalue weighted by molar-refractivity contribution is 0.374. The van der Waals surface area contributed by atoms with Gasteiger partial charge in [-0.05, 0) is 24.6 Å². The molecule has 0 saturated heterocycles. The van der Waals surface area contributed by atoms with Gasteiger partial charge in [-0.3, -0.25) is 0 Å². The maximum Gasteiger partial charge on any atom is 0.181 e. The Balaban J connectivity index is 3.22. The van der Waals surface area contributed by atoms with Gasteiger partial charge in [-0.25, -0.2) is 0 Å². The Hall–Kier alpha value is -1.42. The molecule has 1 aromatic carbocycles. The molecule has 0 amide bonds. The zero-order chi connectivity index (χ0) is 10.0. The van der Waals surface area contributed by atoms with Gasteiger partial charge in [-0.1, -0.05) is 0 Å². The van der Waals surface area contributed by atoms with Gasteiger partial charge in [-0.15, -0.1) is 0 Å². The van der Waals surface area contributed by atoms with Gasteiger partial charge in [-0.2, -0.15) is 0 Å². The summed E-state index contributed by atoms with van der Waals surface area (Å²) in [4.78, 5) is 0. The minimum atomic E-state index is -0.128. The van der Waals surface area contributed by atoms with E-state index in [9.17, 15) is 5.11 Å². The molecule has 1 atom stereocenters. The Labute approximate surface area is 77.1 Å². The number of nitrogen functional groups attached to an aromatic ring is 1. The summed E-state index contributed by atoms with van der Waals surface area (Å²) >= 11 is 0. The molecule has 0 radical (unpaired) electrons. The Kier molecular flexibility index (Phi) is 2.63. The van der Waals surface area contributed by atoms with Crippen LogP contribution in [0.1, 0.15) is 18.5 Å². The fraction of sp³-hybridized carbons (Fsp3) is 0.333. The van der Waals surface area contributed by atoms with Crippen molar-refractivity contribution >= 4 is 5.69 Å². The molecule has 0 bridgehead atoms. The van der Waals surface area contributed by atoms with Crippen LogP contribution in [0.15, 0.2) is 12.1 Å². The highest BCUT2D eigenvalue weighted by molar-refractivity contribution is 5.61. The number of rotatable bonds is 2. The summed E-state index contributed by atoms with van der Waals surface area (Å²) in [7, 11) is 1.47. The molecule has 13 heavy (non-hydrogen) atoms. The molecule has 0 aliphatic heterocycles. The van der Waals surface area contributed by atoms with Crippen LogP contribution in [0.25, 0.3) is 0 Å². The second-order valence-electron chi connectivity index (χ2n) is 2.95. The van der Waals surface area contributed by atoms with E-state index < -0.39 is 0 Å². The molecule has 1 aromatic rings. The molecule has 0 spiro atoms. The first-order valence-corrected chi connectivity index (χ1v) is 3.98. The smallest absolute Gasteiger partial charge is 0.181 e. The zero-order valence-electron chi connectivity index (χ0n) is 7.74. The highest BCUT2D eigenvalue weighted by atomic mass is 16.5. The number of phenolic OH excluding ortho intramolecular Hbond substituents is 1. The number of hydrogen-bond acceptors (Lipinski definition) is 4. The van der Waals surface area contributed by atoms with E-state index in [1.807, 2.05) is 6.92 Å². The standard InChI is InChI=1S/C9H14N2O2/c1-5(10)6-3-7(11)9(12)8(4-6)13-2/h3-5,12H,10-11H2,1-2H3. The van der Waals surface area contributed by atoms with Gasteiger partial charge >= 0.3 is 0 Å². The molecule has 0 fully saturated rings. The van der Waals surface area contributed by atoms with E-state index in [0.717, 1.165) is 5.56 Å². The van der Waals surface area contributed by atoms with Crippen LogP contribution < -0.4 is 16.2 Å². The summed E-state index contributed by atoms with van der Waals surface area (Å²) < 4.78 is 4.93. The predicted molar refractivity (Wildman–Crippen MR) is 51.7 cm³/mol. The third-order valence-electron chi connectivity index (χ3n) is 1.87. The summed E-state index contributed by atoms with van der Waals surface area (Å²) in [6, 6.07) is 3.19. The molecule has 5 N–H and O–H groups in total. The van der Waals surface area contributed by atoms with E-state index in [1.165, 1.54) is 7.11 Å². The molecule has 1 rings (SSSR count). The molecule has 72 valence electrons. The zero-order valence-corrected chi connectivity index (χ0v) is 7.74. The van der Waals surface area contributed by atoms with Crippen LogP contribution in [-0.2, 0) is 0 Å². The molecule has 0 saturated carbocycles. The predicted octanol–water partition coefficient (Wildman–Crippen LogP) is 1.00. The molecule has 0 aliphatic rings. The van der Waals surface area contributed by atoms with Crippen LogP contribution in [0, 0.1) is 0 Å². The molecule has 4 nitrogen and oxygen atoms in total. The van der Waals surface area contributed by atoms with Gasteiger partial charge < -0.3 is 21.3 Å². The maximum atomic E-state index is 9.41. The molecular formula is C9H14N2O2. The van der Waals surface area contributed by atoms with Crippen molar-refractivity contribution in [3.63, 3.8) is 0 Å². The average Bonchev–Trinajstić information content (AvgIpc) is 2.09. The van der Waals surface area contributed by atoms with Crippen molar-refractivity contribution in [2.24, 2.45) is 5.73 Å². The van der Waals surface area contributed by atoms with Crippen LogP contribution in [0.4, 0.5) is 5.69 Å². The molecular weight excluding hydrogens is 168 g/mol. The quantitative estimate of drug-likeness (QED) is 0.471. The minimum absolute atomic E-state index is 0.0353. The van der Waals surface area contributed by atoms with Crippen molar-refractivity contribution in [3.8, 4) is 11.5 Å². The van der Waals surface area contributed by atoms with E-state index in [4.69, 9.17) is 16.2 Å². The first-order chi connectivity index (χ1) is 6.06. The molecule has 0 aliphatic carbocycles. The minimum Gasteiger partial charge on any atom is -0.503 e. The first kappa shape index (κ1) is 9.67. The summed E-state index contributed by atoms with van der Waals surface area (Å²) in [5, 5.41) is 9.41. The maximum absolute atomic E-state index is 9.41. The SMILES string of the molecule is COc1cc(C(C)N)cc(N)c1O. The number of methoxy groups -OCH3 is 1. The van der Waals surface area contributed by atoms with Crippen LogP contribution in [-0.4, -0.2) is 12.2 Å². The van der Waals surface area contributed by atoms with Crippen molar-refractivity contribution in [1.82, 2.24) is 0 Å². The van der Waals surface area contributed by atoms with Gasteiger partial charge in [0.25, 0.3) is 0 Å². The summed E-state index contributed by atoms with van der Waals surface area (Å²) in [6.45, 7) is 1.84. The number of phenols is 1. The third kappa shape index (κ3) is 1.84. The molecule has 0 aromatic heterocycles. The van der Waals surface area contributed by atoms with E-state index in [1.54, 1.807) is 12.1 Å². The second-order valence-corrected chi connectivity index (χ2v) is 2.95. The number of aromatic hydroxyl groups is 1. The fourth-order valence-corrected chi connectivity index (χ4v) is 1.07. The van der Waals surface area contributed by atoms with Crippen molar-refractivity contribution in [3.05, 3.63) is 17.7 Å². The molecule has 0 heterocycles. The van der Waals surface area contributed by atoms with E-state index >= 15 is 0 Å². The Morgan fingerprint density at radius 2 is 2.08 bits per heavy atom. The van der Waals surface area contributed by atoms with E-state index in [-0.39, 0.29) is 17.5 Å². The van der Waals surface area contributed by atoms with Crippen LogP contribution >= 0.6 is 0 Å². The average molecular weight is 182 g/mol. The summed E-state index contributed by atoms with van der Waals surface area (Å²) in [5.74, 6) is 0.319. The Morgan fingerprint density at radius 3 is 2.54 bits per heavy atom. The summed E-state index contributed by atoms with van der Waals surface area (Å²) in [5.41, 5.74) is 12.3. The van der Waals surface area contributed by atoms with Gasteiger partial charge in [0.05, 0.1) is 12.8 Å². The van der Waals surface area contributed by atoms with Gasteiger partial charge in [0, 0.05) is 6.04 Å². The van der Waals surface area contributed by atoms with Crippen LogP contribution in [0.3, 0.4) is 0 Å². The van der Waals surface area contributed by atoms with Crippen molar-refractivity contribution in [1.29, 1.82) is 0 Å². The van der Waals surface area contributed by atoms with Crippen LogP contribution in [0.5, 0.6) is 11.5 Å². The number of nitrogens with two attached hydrogens (primary N) is 2. The largest absolute Gasteiger partial charge is 0.503 e. The normalized spacial score (nSPS) is 12.5. The third-order valence-corrected chi connectivity index (χ3v) is 1.87. The van der Waals surface area contributed by atoms with Crippen LogP contribution in [0.2, 0.25) is 0 Å². The Morgan fingerprint density at radius 1 is 1.46 bits per heavy atom. The van der Waals surface area contributed by atoms with Gasteiger partial charge in [0.2, 0.25) is 0 Å². The lowest BCUT2D eigenvalue weighted by Crippen LogP contribution is -2.06. The Bertz CT molecular complexity index is 311. The van der Waals surface area contributed by atoms with Crippen molar-refractivity contribution < 1.29 is 9.84 Å². The number of ether oxygens (including phenoxy) is 1. The number of benzene rings is 1. The highest BCUT2D eigenvalue weighted by Crippen LogP contribution is 2.34. The van der Waals surface area contributed by atoms with E-state index in [0.29, 0.717) is 5.75 Å². The van der Waals surface area contributed by atoms with Gasteiger partial charge in [0.1, 0.15) is 0 Å². The topological polar surface area (TPSA) is 81.5 Å². The summed E-state index contributed by atoms with van der Waals surface area (Å²) in [6.07, 6.45) is 0. The first-order valence-electron chi connectivity index (χ1n) is 3.98. The lowest BCUT2D eigenvalue weighted by atomic mass is 10.1. The number of hydrogen-bond donors (Lipinski definition) is 3. The molecule has 4 heteroatoms. The lowest BCUT2D eigenvalue weighted by Gasteiger charge is -2.11. The highest BCUT2D eigenvalue weighted by Gasteiger charge is 2.09.